The van der Waals surface area contributed by atoms with Gasteiger partial charge in [0.05, 0.1) is 0 Å². The minimum atomic E-state index is 0.816. The average Bonchev–Trinajstić information content (AvgIpc) is 2.14. The molecule has 1 aromatic rings. The normalized spacial score (nSPS) is 11.4. The smallest absolute Gasteiger partial charge is 0.0328 e. The summed E-state index contributed by atoms with van der Waals surface area (Å²) in [5.41, 5.74) is 7.89. The van der Waals surface area contributed by atoms with Crippen LogP contribution in [0.3, 0.4) is 0 Å². The van der Waals surface area contributed by atoms with Crippen LogP contribution >= 0.6 is 15.9 Å². The molecule has 1 aromatic carbocycles. The van der Waals surface area contributed by atoms with Crippen LogP contribution in [-0.4, -0.2) is 44.0 Å². The molecule has 3 nitrogen and oxygen atoms in total. The van der Waals surface area contributed by atoms with Crippen LogP contribution in [0.5, 0.6) is 0 Å². The minimum absolute atomic E-state index is 0.816. The lowest BCUT2D eigenvalue weighted by atomic mass is 10.2. The van der Waals surface area contributed by atoms with Crippen molar-refractivity contribution in [1.29, 1.82) is 0 Å². The van der Waals surface area contributed by atoms with Gasteiger partial charge in [-0.1, -0.05) is 15.9 Å². The van der Waals surface area contributed by atoms with Gasteiger partial charge in [0.1, 0.15) is 0 Å². The summed E-state index contributed by atoms with van der Waals surface area (Å²) in [6.45, 7) is 3.17. The van der Waals surface area contributed by atoms with Gasteiger partial charge in [0.25, 0.3) is 0 Å². The van der Waals surface area contributed by atoms with Crippen molar-refractivity contribution in [1.82, 2.24) is 9.80 Å². The Morgan fingerprint density at radius 3 is 2.41 bits per heavy atom. The maximum Gasteiger partial charge on any atom is 0.0328 e. The molecule has 0 fully saturated rings. The Morgan fingerprint density at radius 2 is 1.82 bits per heavy atom. The van der Waals surface area contributed by atoms with Crippen molar-refractivity contribution in [2.75, 3.05) is 40.0 Å². The van der Waals surface area contributed by atoms with E-state index in [1.54, 1.807) is 0 Å². The van der Waals surface area contributed by atoms with E-state index in [9.17, 15) is 0 Å². The van der Waals surface area contributed by atoms with Gasteiger partial charge in [0, 0.05) is 16.7 Å². The zero-order chi connectivity index (χ0) is 12.8. The highest BCUT2D eigenvalue weighted by atomic mass is 79.9. The van der Waals surface area contributed by atoms with Crippen molar-refractivity contribution in [2.45, 2.75) is 13.0 Å². The summed E-state index contributed by atoms with van der Waals surface area (Å²) in [7, 11) is 6.36. The fourth-order valence-electron chi connectivity index (χ4n) is 1.81. The monoisotopic (exact) mass is 299 g/mol. The third kappa shape index (κ3) is 6.05. The highest BCUT2D eigenvalue weighted by molar-refractivity contribution is 9.10. The van der Waals surface area contributed by atoms with Crippen molar-refractivity contribution in [3.05, 3.63) is 28.2 Å². The third-order valence-electron chi connectivity index (χ3n) is 2.58. The van der Waals surface area contributed by atoms with Gasteiger partial charge in [0.2, 0.25) is 0 Å². The Bertz CT molecular complexity index is 332. The molecule has 4 heteroatoms. The number of hydrogen-bond acceptors (Lipinski definition) is 3. The van der Waals surface area contributed by atoms with E-state index in [2.05, 4.69) is 52.9 Å². The van der Waals surface area contributed by atoms with E-state index < -0.39 is 0 Å². The van der Waals surface area contributed by atoms with Crippen LogP contribution in [0.1, 0.15) is 12.0 Å². The van der Waals surface area contributed by atoms with Crippen LogP contribution in [0.2, 0.25) is 0 Å². The molecule has 0 radical (unpaired) electrons. The fourth-order valence-corrected chi connectivity index (χ4v) is 2.37. The quantitative estimate of drug-likeness (QED) is 0.819. The SMILES string of the molecule is CN(C)CCCN(C)Cc1cc(N)cc(Br)c1. The van der Waals surface area contributed by atoms with E-state index in [0.29, 0.717) is 0 Å². The van der Waals surface area contributed by atoms with Gasteiger partial charge in [-0.2, -0.15) is 0 Å². The van der Waals surface area contributed by atoms with Crippen LogP contribution in [0.4, 0.5) is 5.69 Å². The van der Waals surface area contributed by atoms with Gasteiger partial charge in [0.15, 0.2) is 0 Å². The Hall–Kier alpha value is -0.580. The number of nitrogens with zero attached hydrogens (tertiary/aromatic N) is 2. The second-order valence-corrected chi connectivity index (χ2v) is 5.70. The molecule has 0 aromatic heterocycles. The van der Waals surface area contributed by atoms with Gasteiger partial charge < -0.3 is 15.5 Å². The van der Waals surface area contributed by atoms with Crippen LogP contribution in [0, 0.1) is 0 Å². The second-order valence-electron chi connectivity index (χ2n) is 4.79. The fraction of sp³-hybridized carbons (Fsp3) is 0.538. The predicted octanol–water partition coefficient (Wildman–Crippen LogP) is 2.41. The summed E-state index contributed by atoms with van der Waals surface area (Å²) in [6, 6.07) is 6.08. The third-order valence-corrected chi connectivity index (χ3v) is 3.04. The number of benzene rings is 1. The molecule has 0 heterocycles. The lowest BCUT2D eigenvalue weighted by Gasteiger charge is -2.18. The van der Waals surface area contributed by atoms with Crippen molar-refractivity contribution in [2.24, 2.45) is 0 Å². The van der Waals surface area contributed by atoms with E-state index >= 15 is 0 Å². The van der Waals surface area contributed by atoms with Crippen molar-refractivity contribution < 1.29 is 0 Å². The highest BCUT2D eigenvalue weighted by Gasteiger charge is 2.02. The van der Waals surface area contributed by atoms with Gasteiger partial charge in [-0.15, -0.1) is 0 Å². The first-order valence-corrected chi connectivity index (χ1v) is 6.65. The molecule has 0 unspecified atom stereocenters. The molecule has 0 aliphatic rings. The van der Waals surface area contributed by atoms with E-state index in [0.717, 1.165) is 29.8 Å². The Labute approximate surface area is 113 Å². The Balaban J connectivity index is 2.42. The molecule has 0 atom stereocenters. The number of nitrogens with two attached hydrogens (primary N) is 1. The molecule has 0 aliphatic carbocycles. The first-order valence-electron chi connectivity index (χ1n) is 5.85. The van der Waals surface area contributed by atoms with E-state index in [-0.39, 0.29) is 0 Å². The largest absolute Gasteiger partial charge is 0.399 e. The standard InChI is InChI=1S/C13H22BrN3/c1-16(2)5-4-6-17(3)10-11-7-12(14)9-13(15)8-11/h7-9H,4-6,10,15H2,1-3H3. The first kappa shape index (κ1) is 14.5. The van der Waals surface area contributed by atoms with Crippen LogP contribution in [-0.2, 0) is 6.54 Å². The Morgan fingerprint density at radius 1 is 1.12 bits per heavy atom. The summed E-state index contributed by atoms with van der Waals surface area (Å²) < 4.78 is 1.05. The topological polar surface area (TPSA) is 32.5 Å². The highest BCUT2D eigenvalue weighted by Crippen LogP contribution is 2.18. The number of hydrogen-bond donors (Lipinski definition) is 1. The van der Waals surface area contributed by atoms with Gasteiger partial charge in [-0.3, -0.25) is 0 Å². The van der Waals surface area contributed by atoms with Crippen LogP contribution in [0.15, 0.2) is 22.7 Å². The van der Waals surface area contributed by atoms with Gasteiger partial charge in [-0.05, 0) is 64.4 Å². The maximum absolute atomic E-state index is 5.82. The second kappa shape index (κ2) is 6.99. The van der Waals surface area contributed by atoms with Gasteiger partial charge >= 0.3 is 0 Å². The van der Waals surface area contributed by atoms with E-state index in [1.807, 2.05) is 12.1 Å². The molecule has 0 spiro atoms. The molecular formula is C13H22BrN3. The van der Waals surface area contributed by atoms with E-state index in [4.69, 9.17) is 5.73 Å². The molecule has 0 saturated heterocycles. The summed E-state index contributed by atoms with van der Waals surface area (Å²) in [4.78, 5) is 4.54. The molecule has 0 amide bonds. The van der Waals surface area contributed by atoms with Crippen molar-refractivity contribution in [3.8, 4) is 0 Å². The van der Waals surface area contributed by atoms with Crippen LogP contribution < -0.4 is 5.73 Å². The maximum atomic E-state index is 5.82. The summed E-state index contributed by atoms with van der Waals surface area (Å²) in [6.07, 6.45) is 1.19. The lowest BCUT2D eigenvalue weighted by Crippen LogP contribution is -2.23. The summed E-state index contributed by atoms with van der Waals surface area (Å²) in [5.74, 6) is 0. The Kier molecular flexibility index (Phi) is 5.95. The minimum Gasteiger partial charge on any atom is -0.399 e. The van der Waals surface area contributed by atoms with E-state index in [1.165, 1.54) is 12.0 Å². The number of halogens is 1. The summed E-state index contributed by atoms with van der Waals surface area (Å²) >= 11 is 3.47. The number of anilines is 1. The van der Waals surface area contributed by atoms with Crippen molar-refractivity contribution >= 4 is 21.6 Å². The molecule has 0 saturated carbocycles. The molecule has 96 valence electrons. The molecule has 0 bridgehead atoms. The zero-order valence-corrected chi connectivity index (χ0v) is 12.5. The molecule has 2 N–H and O–H groups in total. The molecule has 1 rings (SSSR count). The van der Waals surface area contributed by atoms with Crippen LogP contribution in [0.25, 0.3) is 0 Å². The molecule has 17 heavy (non-hydrogen) atoms. The predicted molar refractivity (Wildman–Crippen MR) is 78.1 cm³/mol. The lowest BCUT2D eigenvalue weighted by molar-refractivity contribution is 0.294. The first-order chi connectivity index (χ1) is 7.97. The number of rotatable bonds is 6. The number of nitrogen functional groups attached to an aromatic ring is 1. The zero-order valence-electron chi connectivity index (χ0n) is 10.9. The summed E-state index contributed by atoms with van der Waals surface area (Å²) in [5, 5.41) is 0. The molecular weight excluding hydrogens is 278 g/mol. The average molecular weight is 300 g/mol. The van der Waals surface area contributed by atoms with Gasteiger partial charge in [-0.25, -0.2) is 0 Å². The van der Waals surface area contributed by atoms with Crippen molar-refractivity contribution in [3.63, 3.8) is 0 Å². The molecule has 0 aliphatic heterocycles.